The van der Waals surface area contributed by atoms with Gasteiger partial charge in [-0.15, -0.1) is 0 Å². The number of hydrogen-bond acceptors (Lipinski definition) is 4. The van der Waals surface area contributed by atoms with E-state index in [0.29, 0.717) is 39.4 Å². The van der Waals surface area contributed by atoms with E-state index in [1.807, 2.05) is 20.8 Å². The summed E-state index contributed by atoms with van der Waals surface area (Å²) in [4.78, 5) is 27.7. The van der Waals surface area contributed by atoms with E-state index in [1.165, 1.54) is 0 Å². The fourth-order valence-electron chi connectivity index (χ4n) is 2.62. The second kappa shape index (κ2) is 7.17. The third-order valence-electron chi connectivity index (χ3n) is 3.70. The second-order valence-corrected chi connectivity index (χ2v) is 6.81. The smallest absolute Gasteiger partial charge is 0.410 e. The summed E-state index contributed by atoms with van der Waals surface area (Å²) in [5, 5.41) is 3.02. The van der Waals surface area contributed by atoms with Gasteiger partial charge in [-0.25, -0.2) is 9.59 Å². The summed E-state index contributed by atoms with van der Waals surface area (Å²) in [6, 6.07) is -0.0871. The number of urea groups is 1. The zero-order valence-corrected chi connectivity index (χ0v) is 13.8. The van der Waals surface area contributed by atoms with Crippen LogP contribution in [0.4, 0.5) is 9.59 Å². The first-order valence-electron chi connectivity index (χ1n) is 7.96. The summed E-state index contributed by atoms with van der Waals surface area (Å²) < 4.78 is 10.6. The van der Waals surface area contributed by atoms with E-state index < -0.39 is 5.60 Å². The average molecular weight is 313 g/mol. The summed E-state index contributed by atoms with van der Waals surface area (Å²) in [7, 11) is 0. The molecule has 22 heavy (non-hydrogen) atoms. The Morgan fingerprint density at radius 2 is 1.82 bits per heavy atom. The van der Waals surface area contributed by atoms with E-state index in [-0.39, 0.29) is 18.2 Å². The molecule has 126 valence electrons. The van der Waals surface area contributed by atoms with Gasteiger partial charge in [0, 0.05) is 32.2 Å². The van der Waals surface area contributed by atoms with Crippen molar-refractivity contribution in [2.75, 3.05) is 39.4 Å². The summed E-state index contributed by atoms with van der Waals surface area (Å²) in [6.45, 7) is 9.16. The predicted molar refractivity (Wildman–Crippen MR) is 81.8 cm³/mol. The molecule has 7 heteroatoms. The van der Waals surface area contributed by atoms with Gasteiger partial charge in [-0.2, -0.15) is 0 Å². The standard InChI is InChI=1S/C15H27N3O4/c1-15(2,3)22-14(20)18-6-4-5-12(11-18)16-13(19)17-7-9-21-10-8-17/h12H,4-11H2,1-3H3,(H,16,19)/t12-/m1/s1. The molecule has 0 radical (unpaired) electrons. The van der Waals surface area contributed by atoms with Crippen molar-refractivity contribution < 1.29 is 19.1 Å². The molecule has 0 aromatic heterocycles. The highest BCUT2D eigenvalue weighted by Gasteiger charge is 2.29. The first-order valence-corrected chi connectivity index (χ1v) is 7.96. The van der Waals surface area contributed by atoms with Crippen LogP contribution in [0, 0.1) is 0 Å². The lowest BCUT2D eigenvalue weighted by Gasteiger charge is -2.36. The van der Waals surface area contributed by atoms with Gasteiger partial charge in [-0.1, -0.05) is 0 Å². The summed E-state index contributed by atoms with van der Waals surface area (Å²) >= 11 is 0. The Balaban J connectivity index is 1.82. The SMILES string of the molecule is CC(C)(C)OC(=O)N1CCC[C@@H](NC(=O)N2CCOCC2)C1. The van der Waals surface area contributed by atoms with Crippen molar-refractivity contribution >= 4 is 12.1 Å². The number of ether oxygens (including phenoxy) is 2. The van der Waals surface area contributed by atoms with E-state index in [1.54, 1.807) is 9.80 Å². The van der Waals surface area contributed by atoms with Gasteiger partial charge >= 0.3 is 12.1 Å². The van der Waals surface area contributed by atoms with Gasteiger partial charge in [-0.05, 0) is 33.6 Å². The van der Waals surface area contributed by atoms with Crippen molar-refractivity contribution in [3.8, 4) is 0 Å². The maximum Gasteiger partial charge on any atom is 0.410 e. The summed E-state index contributed by atoms with van der Waals surface area (Å²) in [5.74, 6) is 0. The van der Waals surface area contributed by atoms with E-state index in [9.17, 15) is 9.59 Å². The van der Waals surface area contributed by atoms with Crippen LogP contribution >= 0.6 is 0 Å². The number of carbonyl (C=O) groups excluding carboxylic acids is 2. The molecule has 0 aliphatic carbocycles. The number of amides is 3. The third kappa shape index (κ3) is 5.05. The van der Waals surface area contributed by atoms with E-state index in [4.69, 9.17) is 9.47 Å². The molecule has 2 rings (SSSR count). The topological polar surface area (TPSA) is 71.1 Å². The fourth-order valence-corrected chi connectivity index (χ4v) is 2.62. The molecule has 0 aromatic carbocycles. The Morgan fingerprint density at radius 1 is 1.14 bits per heavy atom. The molecule has 2 heterocycles. The number of nitrogens with one attached hydrogen (secondary N) is 1. The van der Waals surface area contributed by atoms with Gasteiger partial charge in [0.1, 0.15) is 5.60 Å². The van der Waals surface area contributed by atoms with Crippen LogP contribution in [0.1, 0.15) is 33.6 Å². The molecule has 2 aliphatic heterocycles. The van der Waals surface area contributed by atoms with Crippen LogP contribution < -0.4 is 5.32 Å². The van der Waals surface area contributed by atoms with E-state index in [0.717, 1.165) is 12.8 Å². The minimum Gasteiger partial charge on any atom is -0.444 e. The lowest BCUT2D eigenvalue weighted by molar-refractivity contribution is 0.0183. The van der Waals surface area contributed by atoms with Crippen LogP contribution in [0.25, 0.3) is 0 Å². The van der Waals surface area contributed by atoms with Gasteiger partial charge in [0.2, 0.25) is 0 Å². The number of carbonyl (C=O) groups is 2. The largest absolute Gasteiger partial charge is 0.444 e. The van der Waals surface area contributed by atoms with Crippen molar-refractivity contribution in [3.05, 3.63) is 0 Å². The first-order chi connectivity index (χ1) is 10.3. The van der Waals surface area contributed by atoms with Crippen LogP contribution in [0.3, 0.4) is 0 Å². The molecule has 2 fully saturated rings. The Hall–Kier alpha value is -1.50. The van der Waals surface area contributed by atoms with Gasteiger partial charge in [0.15, 0.2) is 0 Å². The quantitative estimate of drug-likeness (QED) is 0.795. The van der Waals surface area contributed by atoms with E-state index in [2.05, 4.69) is 5.32 Å². The number of nitrogens with zero attached hydrogens (tertiary/aromatic N) is 2. The molecule has 0 spiro atoms. The molecule has 3 amide bonds. The summed E-state index contributed by atoms with van der Waals surface area (Å²) in [6.07, 6.45) is 1.45. The number of rotatable bonds is 1. The molecule has 2 aliphatic rings. The minimum absolute atomic E-state index is 0.0170. The predicted octanol–water partition coefficient (Wildman–Crippen LogP) is 1.43. The Labute approximate surface area is 131 Å². The molecule has 1 atom stereocenters. The van der Waals surface area contributed by atoms with Crippen molar-refractivity contribution in [2.24, 2.45) is 0 Å². The van der Waals surface area contributed by atoms with Gasteiger partial charge in [0.05, 0.1) is 13.2 Å². The molecular formula is C15H27N3O4. The molecule has 1 N–H and O–H groups in total. The van der Waals surface area contributed by atoms with Crippen LogP contribution in [0.5, 0.6) is 0 Å². The Bertz CT molecular complexity index is 402. The molecule has 0 aromatic rings. The third-order valence-corrected chi connectivity index (χ3v) is 3.70. The first kappa shape index (κ1) is 16.9. The minimum atomic E-state index is -0.499. The molecular weight excluding hydrogens is 286 g/mol. The van der Waals surface area contributed by atoms with Gasteiger partial charge < -0.3 is 24.6 Å². The molecule has 0 unspecified atom stereocenters. The van der Waals surface area contributed by atoms with Crippen LogP contribution in [-0.4, -0.2) is 73.0 Å². The van der Waals surface area contributed by atoms with Gasteiger partial charge in [-0.3, -0.25) is 0 Å². The number of hydrogen-bond donors (Lipinski definition) is 1. The fraction of sp³-hybridized carbons (Fsp3) is 0.867. The van der Waals surface area contributed by atoms with Crippen LogP contribution in [0.15, 0.2) is 0 Å². The molecule has 2 saturated heterocycles. The average Bonchev–Trinajstić information content (AvgIpc) is 2.46. The molecule has 0 bridgehead atoms. The lowest BCUT2D eigenvalue weighted by Crippen LogP contribution is -2.54. The molecule has 0 saturated carbocycles. The van der Waals surface area contributed by atoms with Crippen LogP contribution in [0.2, 0.25) is 0 Å². The van der Waals surface area contributed by atoms with Gasteiger partial charge in [0.25, 0.3) is 0 Å². The zero-order chi connectivity index (χ0) is 16.2. The highest BCUT2D eigenvalue weighted by atomic mass is 16.6. The van der Waals surface area contributed by atoms with Crippen molar-refractivity contribution in [1.29, 1.82) is 0 Å². The summed E-state index contributed by atoms with van der Waals surface area (Å²) in [5.41, 5.74) is -0.499. The zero-order valence-electron chi connectivity index (χ0n) is 13.8. The van der Waals surface area contributed by atoms with Crippen molar-refractivity contribution in [2.45, 2.75) is 45.3 Å². The second-order valence-electron chi connectivity index (χ2n) is 6.81. The maximum absolute atomic E-state index is 12.2. The Kier molecular flexibility index (Phi) is 5.50. The lowest BCUT2D eigenvalue weighted by atomic mass is 10.1. The highest BCUT2D eigenvalue weighted by molar-refractivity contribution is 5.75. The van der Waals surface area contributed by atoms with E-state index >= 15 is 0 Å². The highest BCUT2D eigenvalue weighted by Crippen LogP contribution is 2.15. The maximum atomic E-state index is 12.2. The number of likely N-dealkylation sites (tertiary alicyclic amines) is 1. The number of morpholine rings is 1. The van der Waals surface area contributed by atoms with Crippen molar-refractivity contribution in [1.82, 2.24) is 15.1 Å². The van der Waals surface area contributed by atoms with Crippen molar-refractivity contribution in [3.63, 3.8) is 0 Å². The van der Waals surface area contributed by atoms with Crippen LogP contribution in [-0.2, 0) is 9.47 Å². The monoisotopic (exact) mass is 313 g/mol. The normalized spacial score (nSPS) is 23.1. The Morgan fingerprint density at radius 3 is 2.45 bits per heavy atom. The molecule has 7 nitrogen and oxygen atoms in total. The number of piperidine rings is 1.